The number of aliphatic hydroxyl groups excluding tert-OH is 1. The zero-order valence-electron chi connectivity index (χ0n) is 15.9. The van der Waals surface area contributed by atoms with Crippen molar-refractivity contribution < 1.29 is 5.11 Å². The van der Waals surface area contributed by atoms with Crippen molar-refractivity contribution in [1.82, 2.24) is 0 Å². The summed E-state index contributed by atoms with van der Waals surface area (Å²) in [5, 5.41) is 12.6. The topological polar surface area (TPSA) is 20.2 Å². The molecular formula is C25H30O. The third kappa shape index (κ3) is 4.53. The van der Waals surface area contributed by atoms with Gasteiger partial charge in [0.05, 0.1) is 0 Å². The van der Waals surface area contributed by atoms with E-state index in [1.807, 2.05) is 0 Å². The Bertz CT molecular complexity index is 810. The van der Waals surface area contributed by atoms with E-state index < -0.39 is 0 Å². The van der Waals surface area contributed by atoms with Crippen LogP contribution in [0.2, 0.25) is 0 Å². The fourth-order valence-electron chi connectivity index (χ4n) is 3.91. The molecule has 1 nitrogen and oxygen atoms in total. The van der Waals surface area contributed by atoms with E-state index in [0.717, 1.165) is 19.3 Å². The molecule has 1 N–H and O–H groups in total. The van der Waals surface area contributed by atoms with Gasteiger partial charge in [-0.2, -0.15) is 0 Å². The first-order chi connectivity index (χ1) is 12.7. The van der Waals surface area contributed by atoms with Gasteiger partial charge in [-0.25, -0.2) is 0 Å². The number of allylic oxidation sites excluding steroid dienone is 6. The summed E-state index contributed by atoms with van der Waals surface area (Å²) in [6, 6.07) is 15.3. The Balaban J connectivity index is 1.87. The summed E-state index contributed by atoms with van der Waals surface area (Å²) in [6.07, 6.45) is 14.5. The lowest BCUT2D eigenvalue weighted by Crippen LogP contribution is -2.22. The molecule has 0 aliphatic heterocycles. The van der Waals surface area contributed by atoms with E-state index >= 15 is 0 Å². The van der Waals surface area contributed by atoms with Gasteiger partial charge in [-0.05, 0) is 58.9 Å². The van der Waals surface area contributed by atoms with Gasteiger partial charge in [-0.3, -0.25) is 0 Å². The summed E-state index contributed by atoms with van der Waals surface area (Å²) < 4.78 is 0. The van der Waals surface area contributed by atoms with Crippen molar-refractivity contribution in [2.24, 2.45) is 11.8 Å². The zero-order chi connectivity index (χ0) is 18.4. The third-order valence-corrected chi connectivity index (χ3v) is 5.51. The molecule has 0 aromatic heterocycles. The van der Waals surface area contributed by atoms with Crippen LogP contribution >= 0.6 is 0 Å². The standard InChI is InChI=1S/C25H30O/c1-19(2)25(18-26)24(14-8-11-20-9-4-3-5-10-20)23-16-15-21-12-6-7-13-22(21)17-23/h4,6-13,15-17,19,24-26H,3,5,14,18H2,1-2H3/b11-8+. The van der Waals surface area contributed by atoms with E-state index in [0.29, 0.717) is 11.8 Å². The average molecular weight is 347 g/mol. The fraction of sp³-hybridized carbons (Fsp3) is 0.360. The molecule has 1 aliphatic carbocycles. The van der Waals surface area contributed by atoms with Crippen LogP contribution in [0.4, 0.5) is 0 Å². The predicted octanol–water partition coefficient (Wildman–Crippen LogP) is 6.41. The van der Waals surface area contributed by atoms with E-state index in [-0.39, 0.29) is 12.5 Å². The zero-order valence-corrected chi connectivity index (χ0v) is 15.9. The van der Waals surface area contributed by atoms with E-state index in [1.54, 1.807) is 0 Å². The second kappa shape index (κ2) is 9.00. The van der Waals surface area contributed by atoms with E-state index in [2.05, 4.69) is 86.7 Å². The minimum atomic E-state index is 0.228. The molecule has 1 heteroatoms. The highest BCUT2D eigenvalue weighted by atomic mass is 16.3. The van der Waals surface area contributed by atoms with Crippen LogP contribution in [-0.2, 0) is 0 Å². The summed E-state index contributed by atoms with van der Waals surface area (Å²) in [7, 11) is 0. The Morgan fingerprint density at radius 1 is 1.04 bits per heavy atom. The molecule has 2 aromatic rings. The summed E-state index contributed by atoms with van der Waals surface area (Å²) >= 11 is 0. The Morgan fingerprint density at radius 2 is 1.85 bits per heavy atom. The first kappa shape index (κ1) is 18.7. The summed E-state index contributed by atoms with van der Waals surface area (Å²) in [4.78, 5) is 0. The number of fused-ring (bicyclic) bond motifs is 1. The van der Waals surface area contributed by atoms with Crippen LogP contribution in [0.1, 0.15) is 44.6 Å². The number of hydrogen-bond acceptors (Lipinski definition) is 1. The summed E-state index contributed by atoms with van der Waals surface area (Å²) in [5.41, 5.74) is 2.63. The van der Waals surface area contributed by atoms with Gasteiger partial charge in [0.25, 0.3) is 0 Å². The Hall–Kier alpha value is -2.12. The highest BCUT2D eigenvalue weighted by Gasteiger charge is 2.24. The quantitative estimate of drug-likeness (QED) is 0.614. The fourth-order valence-corrected chi connectivity index (χ4v) is 3.91. The molecular weight excluding hydrogens is 316 g/mol. The molecule has 2 aromatic carbocycles. The van der Waals surface area contributed by atoms with Crippen LogP contribution in [0, 0.1) is 11.8 Å². The average Bonchev–Trinajstić information content (AvgIpc) is 2.67. The van der Waals surface area contributed by atoms with Crippen LogP contribution in [-0.4, -0.2) is 11.7 Å². The van der Waals surface area contributed by atoms with Crippen molar-refractivity contribution in [3.05, 3.63) is 84.0 Å². The van der Waals surface area contributed by atoms with E-state index in [9.17, 15) is 5.11 Å². The van der Waals surface area contributed by atoms with Gasteiger partial charge in [0.2, 0.25) is 0 Å². The maximum atomic E-state index is 10.0. The van der Waals surface area contributed by atoms with Crippen LogP contribution < -0.4 is 0 Å². The normalized spacial score (nSPS) is 17.0. The minimum absolute atomic E-state index is 0.228. The molecule has 0 radical (unpaired) electrons. The van der Waals surface area contributed by atoms with Crippen molar-refractivity contribution in [3.8, 4) is 0 Å². The molecule has 0 fully saturated rings. The van der Waals surface area contributed by atoms with Gasteiger partial charge >= 0.3 is 0 Å². The second-order valence-electron chi connectivity index (χ2n) is 7.63. The van der Waals surface area contributed by atoms with Gasteiger partial charge in [0.15, 0.2) is 0 Å². The summed E-state index contributed by atoms with van der Waals surface area (Å²) in [5.74, 6) is 1.03. The van der Waals surface area contributed by atoms with E-state index in [1.165, 1.54) is 21.9 Å². The summed E-state index contributed by atoms with van der Waals surface area (Å²) in [6.45, 7) is 4.65. The van der Waals surface area contributed by atoms with Crippen molar-refractivity contribution >= 4 is 10.8 Å². The Labute approximate surface area is 157 Å². The smallest absolute Gasteiger partial charge is 0.0467 e. The lowest BCUT2D eigenvalue weighted by Gasteiger charge is -2.28. The first-order valence-corrected chi connectivity index (χ1v) is 9.82. The largest absolute Gasteiger partial charge is 0.396 e. The molecule has 0 saturated carbocycles. The molecule has 0 saturated heterocycles. The van der Waals surface area contributed by atoms with Crippen molar-refractivity contribution in [1.29, 1.82) is 0 Å². The van der Waals surface area contributed by atoms with E-state index in [4.69, 9.17) is 0 Å². The SMILES string of the molecule is CC(C)C(CO)C(C/C=C/C1=CCCC=C1)c1ccc2ccccc2c1. The number of aliphatic hydroxyl groups is 1. The molecule has 136 valence electrons. The number of benzene rings is 2. The molecule has 26 heavy (non-hydrogen) atoms. The second-order valence-corrected chi connectivity index (χ2v) is 7.63. The molecule has 0 heterocycles. The number of rotatable bonds is 7. The maximum Gasteiger partial charge on any atom is 0.0467 e. The molecule has 1 aliphatic rings. The molecule has 0 amide bonds. The predicted molar refractivity (Wildman–Crippen MR) is 112 cm³/mol. The first-order valence-electron chi connectivity index (χ1n) is 9.82. The van der Waals surface area contributed by atoms with Crippen molar-refractivity contribution in [3.63, 3.8) is 0 Å². The van der Waals surface area contributed by atoms with Crippen LogP contribution in [0.25, 0.3) is 10.8 Å². The van der Waals surface area contributed by atoms with Gasteiger partial charge < -0.3 is 5.11 Å². The van der Waals surface area contributed by atoms with Gasteiger partial charge in [0.1, 0.15) is 0 Å². The minimum Gasteiger partial charge on any atom is -0.396 e. The molecule has 0 bridgehead atoms. The van der Waals surface area contributed by atoms with Gasteiger partial charge in [0, 0.05) is 6.61 Å². The lowest BCUT2D eigenvalue weighted by atomic mass is 9.77. The van der Waals surface area contributed by atoms with Crippen LogP contribution in [0.5, 0.6) is 0 Å². The van der Waals surface area contributed by atoms with Gasteiger partial charge in [-0.15, -0.1) is 0 Å². The van der Waals surface area contributed by atoms with Crippen molar-refractivity contribution in [2.75, 3.05) is 6.61 Å². The highest BCUT2D eigenvalue weighted by molar-refractivity contribution is 5.83. The molecule has 2 atom stereocenters. The number of hydrogen-bond donors (Lipinski definition) is 1. The highest BCUT2D eigenvalue weighted by Crippen LogP contribution is 2.35. The Kier molecular flexibility index (Phi) is 6.46. The lowest BCUT2D eigenvalue weighted by molar-refractivity contribution is 0.164. The molecule has 0 spiro atoms. The Morgan fingerprint density at radius 3 is 2.54 bits per heavy atom. The van der Waals surface area contributed by atoms with Crippen LogP contribution in [0.3, 0.4) is 0 Å². The maximum absolute atomic E-state index is 10.0. The van der Waals surface area contributed by atoms with Crippen LogP contribution in [0.15, 0.2) is 78.4 Å². The molecule has 2 unspecified atom stereocenters. The third-order valence-electron chi connectivity index (χ3n) is 5.51. The van der Waals surface area contributed by atoms with Crippen molar-refractivity contribution in [2.45, 2.75) is 39.0 Å². The monoisotopic (exact) mass is 346 g/mol. The molecule has 3 rings (SSSR count). The van der Waals surface area contributed by atoms with Gasteiger partial charge in [-0.1, -0.05) is 86.7 Å².